The van der Waals surface area contributed by atoms with Gasteiger partial charge in [0.05, 0.1) is 40.9 Å². The van der Waals surface area contributed by atoms with E-state index in [1.54, 1.807) is 31.6 Å². The number of rotatable bonds is 7. The average molecular weight is 436 g/mol. The summed E-state index contributed by atoms with van der Waals surface area (Å²) in [5, 5.41) is 5.88. The van der Waals surface area contributed by atoms with E-state index >= 15 is 0 Å². The maximum atomic E-state index is 12.9. The Morgan fingerprint density at radius 2 is 1.94 bits per heavy atom. The first kappa shape index (κ1) is 20.8. The molecule has 31 heavy (non-hydrogen) atoms. The fourth-order valence-electron chi connectivity index (χ4n) is 3.44. The molecule has 3 aromatic heterocycles. The summed E-state index contributed by atoms with van der Waals surface area (Å²) >= 11 is 1.31. The van der Waals surface area contributed by atoms with Gasteiger partial charge in [0.15, 0.2) is 11.4 Å². The van der Waals surface area contributed by atoms with Gasteiger partial charge in [-0.1, -0.05) is 30.0 Å². The van der Waals surface area contributed by atoms with Crippen LogP contribution in [-0.2, 0) is 4.74 Å². The van der Waals surface area contributed by atoms with Crippen molar-refractivity contribution in [3.05, 3.63) is 65.4 Å². The first-order chi connectivity index (χ1) is 15.0. The third kappa shape index (κ3) is 3.96. The number of benzene rings is 1. The zero-order chi connectivity index (χ0) is 22.0. The number of aromatic nitrogens is 5. The van der Waals surface area contributed by atoms with E-state index in [1.807, 2.05) is 30.3 Å². The molecule has 0 saturated heterocycles. The lowest BCUT2D eigenvalue weighted by atomic mass is 10.1. The van der Waals surface area contributed by atoms with Crippen LogP contribution < -0.4 is 0 Å². The summed E-state index contributed by atoms with van der Waals surface area (Å²) in [5.74, 6) is -0.388. The molecule has 9 heteroatoms. The Kier molecular flexibility index (Phi) is 5.85. The largest absolute Gasteiger partial charge is 0.462 e. The van der Waals surface area contributed by atoms with Gasteiger partial charge in [-0.15, -0.1) is 0 Å². The molecule has 1 N–H and O–H groups in total. The number of fused-ring (bicyclic) bond motifs is 1. The molecule has 4 rings (SSSR count). The van der Waals surface area contributed by atoms with Crippen molar-refractivity contribution >= 4 is 34.5 Å². The number of thioether (sulfide) groups is 1. The maximum Gasteiger partial charge on any atom is 0.340 e. The van der Waals surface area contributed by atoms with Gasteiger partial charge in [0, 0.05) is 5.69 Å². The van der Waals surface area contributed by atoms with Crippen molar-refractivity contribution in [2.45, 2.75) is 25.8 Å². The Bertz CT molecular complexity index is 1260. The van der Waals surface area contributed by atoms with Gasteiger partial charge >= 0.3 is 5.97 Å². The highest BCUT2D eigenvalue weighted by atomic mass is 32.2. The Morgan fingerprint density at radius 1 is 1.16 bits per heavy atom. The molecule has 0 aliphatic heterocycles. The van der Waals surface area contributed by atoms with Crippen LogP contribution in [0.5, 0.6) is 0 Å². The molecule has 0 aliphatic rings. The van der Waals surface area contributed by atoms with E-state index in [0.29, 0.717) is 33.2 Å². The van der Waals surface area contributed by atoms with Gasteiger partial charge in [-0.05, 0) is 38.5 Å². The molecule has 0 spiro atoms. The lowest BCUT2D eigenvalue weighted by molar-refractivity contribution is 0.0525. The molecular formula is C22H21N5O3S. The molecule has 0 fully saturated rings. The highest BCUT2D eigenvalue weighted by Gasteiger charge is 2.23. The number of nitrogens with zero attached hydrogens (tertiary/aromatic N) is 4. The van der Waals surface area contributed by atoms with Crippen molar-refractivity contribution < 1.29 is 14.3 Å². The van der Waals surface area contributed by atoms with Crippen molar-refractivity contribution in [1.82, 2.24) is 24.7 Å². The quantitative estimate of drug-likeness (QED) is 0.203. The number of ether oxygens (including phenoxy) is 1. The number of nitrogens with one attached hydrogen (secondary N) is 1. The molecule has 0 unspecified atom stereocenters. The standard InChI is InChI=1S/C22H21N5O3S/c1-4-30-22(29)18-13(2)19(26-14(18)3)17(28)11-31-21-16-10-25-27(20(16)23-12-24-21)15-8-6-5-7-9-15/h5-10,12,26H,4,11H2,1-3H3. The second-order valence-corrected chi connectivity index (χ2v) is 7.83. The topological polar surface area (TPSA) is 103 Å². The van der Waals surface area contributed by atoms with E-state index in [4.69, 9.17) is 4.74 Å². The van der Waals surface area contributed by atoms with Crippen molar-refractivity contribution in [2.24, 2.45) is 0 Å². The minimum Gasteiger partial charge on any atom is -0.462 e. The number of ketones is 1. The second kappa shape index (κ2) is 8.73. The molecular weight excluding hydrogens is 414 g/mol. The van der Waals surface area contributed by atoms with Crippen LogP contribution in [0, 0.1) is 13.8 Å². The number of carbonyl (C=O) groups is 2. The molecule has 0 amide bonds. The van der Waals surface area contributed by atoms with Crippen LogP contribution in [0.15, 0.2) is 47.9 Å². The van der Waals surface area contributed by atoms with E-state index in [0.717, 1.165) is 11.1 Å². The normalized spacial score (nSPS) is 11.1. The molecule has 8 nitrogen and oxygen atoms in total. The number of Topliss-reactive ketones (excluding diaryl/α,β-unsaturated/α-hetero) is 1. The molecule has 4 aromatic rings. The summed E-state index contributed by atoms with van der Waals surface area (Å²) in [4.78, 5) is 36.8. The van der Waals surface area contributed by atoms with Crippen LogP contribution in [0.4, 0.5) is 0 Å². The number of carbonyl (C=O) groups excluding carboxylic acids is 2. The summed E-state index contributed by atoms with van der Waals surface area (Å²) < 4.78 is 6.84. The van der Waals surface area contributed by atoms with E-state index in [1.165, 1.54) is 18.1 Å². The van der Waals surface area contributed by atoms with Crippen LogP contribution in [0.25, 0.3) is 16.7 Å². The van der Waals surface area contributed by atoms with E-state index in [-0.39, 0.29) is 18.1 Å². The molecule has 3 heterocycles. The molecule has 0 atom stereocenters. The summed E-state index contributed by atoms with van der Waals surface area (Å²) in [6.45, 7) is 5.54. The van der Waals surface area contributed by atoms with Crippen molar-refractivity contribution in [2.75, 3.05) is 12.4 Å². The van der Waals surface area contributed by atoms with E-state index in [2.05, 4.69) is 20.1 Å². The number of para-hydroxylation sites is 1. The van der Waals surface area contributed by atoms with Gasteiger partial charge in [0.2, 0.25) is 0 Å². The summed E-state index contributed by atoms with van der Waals surface area (Å²) in [6.07, 6.45) is 3.18. The van der Waals surface area contributed by atoms with Crippen LogP contribution in [0.1, 0.15) is 39.0 Å². The monoisotopic (exact) mass is 435 g/mol. The Morgan fingerprint density at radius 3 is 2.68 bits per heavy atom. The van der Waals surface area contributed by atoms with Gasteiger partial charge in [0.25, 0.3) is 0 Å². The van der Waals surface area contributed by atoms with Gasteiger partial charge in [-0.2, -0.15) is 5.10 Å². The van der Waals surface area contributed by atoms with Gasteiger partial charge in [0.1, 0.15) is 11.4 Å². The van der Waals surface area contributed by atoms with Crippen LogP contribution in [0.2, 0.25) is 0 Å². The lowest BCUT2D eigenvalue weighted by Crippen LogP contribution is -2.08. The van der Waals surface area contributed by atoms with Crippen molar-refractivity contribution in [1.29, 1.82) is 0 Å². The number of aromatic amines is 1. The average Bonchev–Trinajstić information content (AvgIpc) is 3.33. The predicted molar refractivity (Wildman–Crippen MR) is 118 cm³/mol. The van der Waals surface area contributed by atoms with Crippen LogP contribution >= 0.6 is 11.8 Å². The number of H-pyrrole nitrogens is 1. The minimum absolute atomic E-state index is 0.122. The minimum atomic E-state index is -0.425. The predicted octanol–water partition coefficient (Wildman–Crippen LogP) is 3.91. The summed E-state index contributed by atoms with van der Waals surface area (Å²) in [6, 6.07) is 9.70. The SMILES string of the molecule is CCOC(=O)c1c(C)[nH]c(C(=O)CSc2ncnc3c2cnn3-c2ccccc2)c1C. The van der Waals surface area contributed by atoms with Gasteiger partial charge < -0.3 is 9.72 Å². The smallest absolute Gasteiger partial charge is 0.340 e. The highest BCUT2D eigenvalue weighted by molar-refractivity contribution is 8.00. The lowest BCUT2D eigenvalue weighted by Gasteiger charge is -2.04. The van der Waals surface area contributed by atoms with Crippen LogP contribution in [0.3, 0.4) is 0 Å². The second-order valence-electron chi connectivity index (χ2n) is 6.87. The van der Waals surface area contributed by atoms with Gasteiger partial charge in [-0.3, -0.25) is 4.79 Å². The maximum absolute atomic E-state index is 12.9. The van der Waals surface area contributed by atoms with Crippen molar-refractivity contribution in [3.63, 3.8) is 0 Å². The molecule has 0 aliphatic carbocycles. The van der Waals surface area contributed by atoms with Gasteiger partial charge in [-0.25, -0.2) is 19.4 Å². The highest BCUT2D eigenvalue weighted by Crippen LogP contribution is 2.27. The summed E-state index contributed by atoms with van der Waals surface area (Å²) in [7, 11) is 0. The number of aryl methyl sites for hydroxylation is 1. The van der Waals surface area contributed by atoms with E-state index in [9.17, 15) is 9.59 Å². The molecule has 0 bridgehead atoms. The number of esters is 1. The van der Waals surface area contributed by atoms with Crippen LogP contribution in [-0.4, -0.2) is 48.8 Å². The first-order valence-electron chi connectivity index (χ1n) is 9.77. The summed E-state index contributed by atoms with van der Waals surface area (Å²) in [5.41, 5.74) is 3.63. The fourth-order valence-corrected chi connectivity index (χ4v) is 4.27. The Hall–Kier alpha value is -3.46. The van der Waals surface area contributed by atoms with E-state index < -0.39 is 5.97 Å². The zero-order valence-corrected chi connectivity index (χ0v) is 18.2. The zero-order valence-electron chi connectivity index (χ0n) is 17.4. The first-order valence-corrected chi connectivity index (χ1v) is 10.8. The molecule has 158 valence electrons. The molecule has 1 aromatic carbocycles. The number of hydrogen-bond acceptors (Lipinski definition) is 7. The fraction of sp³-hybridized carbons (Fsp3) is 0.227. The Labute approximate surface area is 183 Å². The number of hydrogen-bond donors (Lipinski definition) is 1. The molecule has 0 saturated carbocycles. The van der Waals surface area contributed by atoms with Crippen molar-refractivity contribution in [3.8, 4) is 5.69 Å². The third-order valence-electron chi connectivity index (χ3n) is 4.87. The Balaban J connectivity index is 1.56. The molecule has 0 radical (unpaired) electrons. The third-order valence-corrected chi connectivity index (χ3v) is 5.87.